The predicted octanol–water partition coefficient (Wildman–Crippen LogP) is 7.61. The quantitative estimate of drug-likeness (QED) is 0.251. The van der Waals surface area contributed by atoms with E-state index in [1.807, 2.05) is 86.6 Å². The van der Waals surface area contributed by atoms with E-state index < -0.39 is 6.04 Å². The number of aryl methyl sites for hydroxylation is 2. The zero-order chi connectivity index (χ0) is 25.7. The molecular weight excluding hydrogens is 486 g/mol. The Hall–Kier alpha value is -4.35. The fourth-order valence-electron chi connectivity index (χ4n) is 4.77. The van der Waals surface area contributed by atoms with Gasteiger partial charge in [0.2, 0.25) is 5.76 Å². The van der Waals surface area contributed by atoms with Crippen molar-refractivity contribution >= 4 is 34.2 Å². The Kier molecular flexibility index (Phi) is 5.58. The Morgan fingerprint density at radius 3 is 2.38 bits per heavy atom. The lowest BCUT2D eigenvalue weighted by molar-refractivity contribution is 0.0971. The van der Waals surface area contributed by atoms with Gasteiger partial charge in [-0.15, -0.1) is 0 Å². The number of ether oxygens (including phenoxy) is 1. The van der Waals surface area contributed by atoms with E-state index in [0.29, 0.717) is 33.2 Å². The molecule has 1 aliphatic heterocycles. The second-order valence-electron chi connectivity index (χ2n) is 9.15. The van der Waals surface area contributed by atoms with Crippen molar-refractivity contribution in [1.29, 1.82) is 0 Å². The number of nitrogens with zero attached hydrogens (tertiary/aromatic N) is 1. The van der Waals surface area contributed by atoms with Gasteiger partial charge in [-0.1, -0.05) is 48.0 Å². The summed E-state index contributed by atoms with van der Waals surface area (Å²) in [5.41, 5.74) is 3.89. The minimum atomic E-state index is -0.705. The third kappa shape index (κ3) is 3.98. The van der Waals surface area contributed by atoms with Crippen LogP contribution >= 0.6 is 11.6 Å². The van der Waals surface area contributed by atoms with Crippen LogP contribution in [0.1, 0.15) is 38.9 Å². The fourth-order valence-corrected chi connectivity index (χ4v) is 4.95. The number of carbonyl (C=O) groups excluding carboxylic acids is 1. The monoisotopic (exact) mass is 507 g/mol. The van der Waals surface area contributed by atoms with Crippen LogP contribution in [-0.4, -0.2) is 5.91 Å². The summed E-state index contributed by atoms with van der Waals surface area (Å²) >= 11 is 6.20. The largest absolute Gasteiger partial charge is 0.457 e. The van der Waals surface area contributed by atoms with Gasteiger partial charge in [-0.2, -0.15) is 0 Å². The molecule has 0 N–H and O–H groups in total. The lowest BCUT2D eigenvalue weighted by Crippen LogP contribution is -2.29. The smallest absolute Gasteiger partial charge is 0.295 e. The molecule has 2 heterocycles. The normalized spacial score (nSPS) is 14.7. The first kappa shape index (κ1) is 23.1. The summed E-state index contributed by atoms with van der Waals surface area (Å²) < 4.78 is 12.1. The van der Waals surface area contributed by atoms with E-state index in [2.05, 4.69) is 0 Å². The van der Waals surface area contributed by atoms with Gasteiger partial charge in [-0.05, 0) is 85.1 Å². The standard InChI is InChI=1S/C31H22ClNO4/c1-18-11-13-22(15-19(18)2)33-28(20-7-6-10-24(16-20)36-23-8-4-3-5-9-23)27-29(34)25-17-21(32)12-14-26(25)37-30(27)31(33)35/h3-17,28H,1-2H3. The molecule has 1 aromatic heterocycles. The van der Waals surface area contributed by atoms with Gasteiger partial charge in [0.25, 0.3) is 5.91 Å². The highest BCUT2D eigenvalue weighted by atomic mass is 35.5. The molecule has 1 unspecified atom stereocenters. The van der Waals surface area contributed by atoms with Crippen LogP contribution in [0.15, 0.2) is 100 Å². The first-order valence-electron chi connectivity index (χ1n) is 11.9. The number of hydrogen-bond donors (Lipinski definition) is 0. The predicted molar refractivity (Wildman–Crippen MR) is 145 cm³/mol. The molecule has 182 valence electrons. The molecule has 1 aliphatic rings. The number of hydrogen-bond acceptors (Lipinski definition) is 4. The minimum absolute atomic E-state index is 0.0393. The van der Waals surface area contributed by atoms with Crippen LogP contribution in [0.25, 0.3) is 11.0 Å². The van der Waals surface area contributed by atoms with Gasteiger partial charge in [0.15, 0.2) is 5.43 Å². The third-order valence-corrected chi connectivity index (χ3v) is 6.99. The SMILES string of the molecule is Cc1ccc(N2C(=O)c3oc4ccc(Cl)cc4c(=O)c3C2c2cccc(Oc3ccccc3)c2)cc1C. The Bertz CT molecular complexity index is 1740. The molecule has 0 fully saturated rings. The molecule has 0 saturated heterocycles. The van der Waals surface area contributed by atoms with E-state index in [-0.39, 0.29) is 22.7 Å². The van der Waals surface area contributed by atoms with E-state index in [4.69, 9.17) is 20.8 Å². The molecule has 6 rings (SSSR count). The number of carbonyl (C=O) groups is 1. The number of rotatable bonds is 4. The van der Waals surface area contributed by atoms with Crippen LogP contribution in [0, 0.1) is 13.8 Å². The molecular formula is C31H22ClNO4. The zero-order valence-corrected chi connectivity index (χ0v) is 21.0. The third-order valence-electron chi connectivity index (χ3n) is 6.75. The summed E-state index contributed by atoms with van der Waals surface area (Å²) in [5, 5.41) is 0.757. The van der Waals surface area contributed by atoms with Gasteiger partial charge in [-0.25, -0.2) is 0 Å². The van der Waals surface area contributed by atoms with E-state index >= 15 is 0 Å². The maximum Gasteiger partial charge on any atom is 0.295 e. The van der Waals surface area contributed by atoms with Crippen LogP contribution in [0.5, 0.6) is 11.5 Å². The summed E-state index contributed by atoms with van der Waals surface area (Å²) in [7, 11) is 0. The topological polar surface area (TPSA) is 59.8 Å². The molecule has 0 spiro atoms. The fraction of sp³-hybridized carbons (Fsp3) is 0.0968. The second-order valence-corrected chi connectivity index (χ2v) is 9.58. The van der Waals surface area contributed by atoms with E-state index in [9.17, 15) is 9.59 Å². The number of benzene rings is 4. The molecule has 0 aliphatic carbocycles. The van der Waals surface area contributed by atoms with Crippen LogP contribution in [0.4, 0.5) is 5.69 Å². The highest BCUT2D eigenvalue weighted by molar-refractivity contribution is 6.31. The van der Waals surface area contributed by atoms with Crippen LogP contribution in [0.3, 0.4) is 0 Å². The zero-order valence-electron chi connectivity index (χ0n) is 20.2. The molecule has 5 nitrogen and oxygen atoms in total. The second kappa shape index (κ2) is 8.95. The molecule has 37 heavy (non-hydrogen) atoms. The van der Waals surface area contributed by atoms with Crippen molar-refractivity contribution in [2.24, 2.45) is 0 Å². The van der Waals surface area contributed by atoms with Gasteiger partial charge < -0.3 is 9.15 Å². The number of halogens is 1. The molecule has 0 bridgehead atoms. The van der Waals surface area contributed by atoms with Gasteiger partial charge in [0, 0.05) is 10.7 Å². The van der Waals surface area contributed by atoms with Crippen LogP contribution in [-0.2, 0) is 0 Å². The number of amides is 1. The van der Waals surface area contributed by atoms with Crippen molar-refractivity contribution in [3.05, 3.63) is 134 Å². The van der Waals surface area contributed by atoms with E-state index in [1.165, 1.54) is 0 Å². The Labute approximate surface area is 218 Å². The van der Waals surface area contributed by atoms with Crippen molar-refractivity contribution in [2.45, 2.75) is 19.9 Å². The molecule has 0 saturated carbocycles. The van der Waals surface area contributed by atoms with Crippen molar-refractivity contribution < 1.29 is 13.9 Å². The first-order chi connectivity index (χ1) is 17.9. The lowest BCUT2D eigenvalue weighted by atomic mass is 9.97. The van der Waals surface area contributed by atoms with Crippen molar-refractivity contribution in [3.63, 3.8) is 0 Å². The Morgan fingerprint density at radius 2 is 1.59 bits per heavy atom. The summed E-state index contributed by atoms with van der Waals surface area (Å²) in [6.45, 7) is 4.01. The van der Waals surface area contributed by atoms with Crippen molar-refractivity contribution in [2.75, 3.05) is 4.90 Å². The molecule has 6 heteroatoms. The highest BCUT2D eigenvalue weighted by Gasteiger charge is 2.43. The highest BCUT2D eigenvalue weighted by Crippen LogP contribution is 2.42. The molecule has 5 aromatic rings. The summed E-state index contributed by atoms with van der Waals surface area (Å²) in [6, 6.07) is 26.9. The average molecular weight is 508 g/mol. The van der Waals surface area contributed by atoms with Crippen LogP contribution in [0.2, 0.25) is 5.02 Å². The molecule has 1 atom stereocenters. The van der Waals surface area contributed by atoms with Gasteiger partial charge in [0.1, 0.15) is 17.1 Å². The van der Waals surface area contributed by atoms with Gasteiger partial charge >= 0.3 is 0 Å². The van der Waals surface area contributed by atoms with Crippen LogP contribution < -0.4 is 15.1 Å². The lowest BCUT2D eigenvalue weighted by Gasteiger charge is -2.26. The Balaban J connectivity index is 1.57. The van der Waals surface area contributed by atoms with Crippen molar-refractivity contribution in [3.8, 4) is 11.5 Å². The summed E-state index contributed by atoms with van der Waals surface area (Å²) in [4.78, 5) is 29.3. The summed E-state index contributed by atoms with van der Waals surface area (Å²) in [5.74, 6) is 0.954. The maximum absolute atomic E-state index is 13.9. The molecule has 1 amide bonds. The van der Waals surface area contributed by atoms with Gasteiger partial charge in [0.05, 0.1) is 17.0 Å². The van der Waals surface area contributed by atoms with E-state index in [0.717, 1.165) is 16.7 Å². The van der Waals surface area contributed by atoms with Gasteiger partial charge in [-0.3, -0.25) is 14.5 Å². The number of anilines is 1. The molecule has 4 aromatic carbocycles. The minimum Gasteiger partial charge on any atom is -0.457 e. The van der Waals surface area contributed by atoms with Crippen molar-refractivity contribution in [1.82, 2.24) is 0 Å². The Morgan fingerprint density at radius 1 is 0.811 bits per heavy atom. The first-order valence-corrected chi connectivity index (χ1v) is 12.3. The van der Waals surface area contributed by atoms with E-state index in [1.54, 1.807) is 23.1 Å². The maximum atomic E-state index is 13.9. The number of para-hydroxylation sites is 1. The average Bonchev–Trinajstić information content (AvgIpc) is 3.19. The number of fused-ring (bicyclic) bond motifs is 2. The summed E-state index contributed by atoms with van der Waals surface area (Å²) in [6.07, 6.45) is 0. The molecule has 0 radical (unpaired) electrons.